The van der Waals surface area contributed by atoms with Crippen LogP contribution in [0.3, 0.4) is 0 Å². The van der Waals surface area contributed by atoms with Gasteiger partial charge in [-0.25, -0.2) is 0 Å². The van der Waals surface area contributed by atoms with Crippen LogP contribution in [0, 0.1) is 11.8 Å². The van der Waals surface area contributed by atoms with Crippen LogP contribution in [0.1, 0.15) is 44.4 Å². The number of hydrogen-bond acceptors (Lipinski definition) is 5. The fourth-order valence-electron chi connectivity index (χ4n) is 6.37. The quantitative estimate of drug-likeness (QED) is 0.424. The molecule has 7 atom stereocenters. The van der Waals surface area contributed by atoms with Crippen LogP contribution in [-0.2, 0) is 20.9 Å². The van der Waals surface area contributed by atoms with Gasteiger partial charge in [0.05, 0.1) is 29.2 Å². The van der Waals surface area contributed by atoms with E-state index in [0.717, 1.165) is 11.1 Å². The van der Waals surface area contributed by atoms with Gasteiger partial charge in [-0.1, -0.05) is 76.6 Å². The van der Waals surface area contributed by atoms with E-state index in [-0.39, 0.29) is 34.4 Å². The SMILES string of the molecule is CC(C)(C)NC(=O)C1N([C@H](CO)c2ccccc2)C(=O)[C@@H]2[C@@H](C(=O)NCc3ccccc3)[C@@H]3SC12CC3Br. The molecule has 0 aromatic heterocycles. The van der Waals surface area contributed by atoms with Crippen molar-refractivity contribution < 1.29 is 19.5 Å². The zero-order valence-corrected chi connectivity index (χ0v) is 24.2. The molecule has 2 aromatic carbocycles. The fraction of sp³-hybridized carbons (Fsp3) is 0.483. The molecule has 0 radical (unpaired) electrons. The van der Waals surface area contributed by atoms with Gasteiger partial charge in [0.1, 0.15) is 6.04 Å². The number of nitrogens with zero attached hydrogens (tertiary/aromatic N) is 1. The summed E-state index contributed by atoms with van der Waals surface area (Å²) in [6.45, 7) is 5.78. The maximum absolute atomic E-state index is 14.3. The second-order valence-electron chi connectivity index (χ2n) is 11.5. The van der Waals surface area contributed by atoms with Crippen molar-refractivity contribution >= 4 is 45.4 Å². The first-order valence-electron chi connectivity index (χ1n) is 13.0. The number of halogens is 1. The third kappa shape index (κ3) is 4.67. The topological polar surface area (TPSA) is 98.7 Å². The van der Waals surface area contributed by atoms with Crippen molar-refractivity contribution in [1.82, 2.24) is 15.5 Å². The number of carbonyl (C=O) groups is 3. The standard InChI is InChI=1S/C29H34BrN3O4S/c1-28(2,3)32-26(36)24-29-14-19(30)23(38-29)21(25(35)31-15-17-10-6-4-7-11-17)22(29)27(37)33(24)20(16-34)18-12-8-5-9-13-18/h4-13,19-24,34H,14-16H2,1-3H3,(H,31,35)(H,32,36)/t19?,20-,21-,22+,23-,24?,29?/m1/s1. The van der Waals surface area contributed by atoms with Crippen molar-refractivity contribution in [3.05, 3.63) is 71.8 Å². The molecule has 3 aliphatic heterocycles. The molecule has 7 nitrogen and oxygen atoms in total. The number of carbonyl (C=O) groups excluding carboxylic acids is 3. The van der Waals surface area contributed by atoms with Crippen LogP contribution in [-0.4, -0.2) is 60.7 Å². The Hall–Kier alpha value is -2.36. The Kier molecular flexibility index (Phi) is 7.39. The molecule has 3 unspecified atom stereocenters. The lowest BCUT2D eigenvalue weighted by molar-refractivity contribution is -0.143. The van der Waals surface area contributed by atoms with Crippen molar-refractivity contribution in [2.75, 3.05) is 6.61 Å². The highest BCUT2D eigenvalue weighted by molar-refractivity contribution is 9.09. The molecule has 3 amide bonds. The Labute approximate surface area is 236 Å². The summed E-state index contributed by atoms with van der Waals surface area (Å²) in [5.41, 5.74) is 1.23. The van der Waals surface area contributed by atoms with Gasteiger partial charge in [0.25, 0.3) is 0 Å². The predicted octanol–water partition coefficient (Wildman–Crippen LogP) is 3.42. The first kappa shape index (κ1) is 27.2. The number of aliphatic hydroxyl groups is 1. The molecule has 3 saturated heterocycles. The molecule has 38 heavy (non-hydrogen) atoms. The van der Waals surface area contributed by atoms with E-state index in [1.54, 1.807) is 16.7 Å². The zero-order valence-electron chi connectivity index (χ0n) is 21.8. The Morgan fingerprint density at radius 3 is 2.34 bits per heavy atom. The van der Waals surface area contributed by atoms with Crippen LogP contribution in [0.4, 0.5) is 0 Å². The van der Waals surface area contributed by atoms with Crippen LogP contribution in [0.15, 0.2) is 60.7 Å². The van der Waals surface area contributed by atoms with Gasteiger partial charge in [0, 0.05) is 22.2 Å². The molecule has 0 saturated carbocycles. The van der Waals surface area contributed by atoms with Gasteiger partial charge >= 0.3 is 0 Å². The minimum atomic E-state index is -0.821. The summed E-state index contributed by atoms with van der Waals surface area (Å²) in [5, 5.41) is 16.6. The fourth-order valence-corrected chi connectivity index (χ4v) is 9.97. The molecule has 2 aromatic rings. The van der Waals surface area contributed by atoms with Crippen LogP contribution in [0.2, 0.25) is 0 Å². The summed E-state index contributed by atoms with van der Waals surface area (Å²) < 4.78 is -0.776. The number of likely N-dealkylation sites (tertiary alicyclic amines) is 1. The number of thioether (sulfide) groups is 1. The summed E-state index contributed by atoms with van der Waals surface area (Å²) in [7, 11) is 0. The number of aliphatic hydroxyl groups excluding tert-OH is 1. The Bertz CT molecular complexity index is 1210. The van der Waals surface area contributed by atoms with E-state index < -0.39 is 34.2 Å². The number of nitrogens with one attached hydrogen (secondary N) is 2. The van der Waals surface area contributed by atoms with Gasteiger partial charge in [-0.2, -0.15) is 0 Å². The lowest BCUT2D eigenvalue weighted by atomic mass is 9.70. The summed E-state index contributed by atoms with van der Waals surface area (Å²) in [6, 6.07) is 17.5. The van der Waals surface area contributed by atoms with E-state index >= 15 is 0 Å². The zero-order chi connectivity index (χ0) is 27.2. The molecule has 1 spiro atoms. The molecule has 9 heteroatoms. The highest BCUT2D eigenvalue weighted by atomic mass is 79.9. The summed E-state index contributed by atoms with van der Waals surface area (Å²) in [6.07, 6.45) is 0.590. The number of amides is 3. The van der Waals surface area contributed by atoms with Crippen LogP contribution < -0.4 is 10.6 Å². The number of rotatable bonds is 7. The highest BCUT2D eigenvalue weighted by Gasteiger charge is 2.76. The van der Waals surface area contributed by atoms with Crippen LogP contribution in [0.5, 0.6) is 0 Å². The molecule has 3 fully saturated rings. The second-order valence-corrected chi connectivity index (χ2v) is 14.2. The molecular formula is C29H34BrN3O4S. The number of fused-ring (bicyclic) bond motifs is 1. The molecule has 3 aliphatic rings. The maximum Gasteiger partial charge on any atom is 0.244 e. The lowest BCUT2D eigenvalue weighted by Gasteiger charge is -2.39. The van der Waals surface area contributed by atoms with Gasteiger partial charge in [-0.05, 0) is 38.3 Å². The average molecular weight is 601 g/mol. The minimum absolute atomic E-state index is 0.0155. The Balaban J connectivity index is 1.54. The lowest BCUT2D eigenvalue weighted by Crippen LogP contribution is -2.58. The Morgan fingerprint density at radius 1 is 1.11 bits per heavy atom. The third-order valence-corrected chi connectivity index (χ3v) is 11.0. The molecule has 5 rings (SSSR count). The molecule has 3 heterocycles. The van der Waals surface area contributed by atoms with Gasteiger partial charge in [-0.3, -0.25) is 14.4 Å². The minimum Gasteiger partial charge on any atom is -0.394 e. The molecule has 0 aliphatic carbocycles. The Morgan fingerprint density at radius 2 is 1.74 bits per heavy atom. The second kappa shape index (κ2) is 10.3. The van der Waals surface area contributed by atoms with Gasteiger partial charge < -0.3 is 20.6 Å². The number of alkyl halides is 1. The monoisotopic (exact) mass is 599 g/mol. The van der Waals surface area contributed by atoms with Crippen molar-refractivity contribution in [1.29, 1.82) is 0 Å². The van der Waals surface area contributed by atoms with E-state index in [1.165, 1.54) is 0 Å². The van der Waals surface area contributed by atoms with E-state index in [0.29, 0.717) is 13.0 Å². The van der Waals surface area contributed by atoms with E-state index in [4.69, 9.17) is 0 Å². The van der Waals surface area contributed by atoms with Crippen LogP contribution in [0.25, 0.3) is 0 Å². The van der Waals surface area contributed by atoms with Gasteiger partial charge in [-0.15, -0.1) is 11.8 Å². The summed E-state index contributed by atoms with van der Waals surface area (Å²) in [5.74, 6) is -1.90. The van der Waals surface area contributed by atoms with E-state index in [1.807, 2.05) is 81.4 Å². The van der Waals surface area contributed by atoms with Crippen molar-refractivity contribution in [3.63, 3.8) is 0 Å². The molecular weight excluding hydrogens is 566 g/mol. The highest BCUT2D eigenvalue weighted by Crippen LogP contribution is 2.68. The number of hydrogen-bond donors (Lipinski definition) is 3. The summed E-state index contributed by atoms with van der Waals surface area (Å²) in [4.78, 5) is 43.6. The van der Waals surface area contributed by atoms with Crippen LogP contribution >= 0.6 is 27.7 Å². The normalized spacial score (nSPS) is 30.7. The van der Waals surface area contributed by atoms with Crippen molar-refractivity contribution in [2.24, 2.45) is 11.8 Å². The van der Waals surface area contributed by atoms with Gasteiger partial charge in [0.2, 0.25) is 17.7 Å². The van der Waals surface area contributed by atoms with Crippen molar-refractivity contribution in [2.45, 2.75) is 66.2 Å². The summed E-state index contributed by atoms with van der Waals surface area (Å²) >= 11 is 5.39. The molecule has 2 bridgehead atoms. The maximum atomic E-state index is 14.3. The van der Waals surface area contributed by atoms with E-state index in [2.05, 4.69) is 26.6 Å². The number of benzene rings is 2. The molecule has 3 N–H and O–H groups in total. The third-order valence-electron chi connectivity index (χ3n) is 7.78. The first-order chi connectivity index (χ1) is 18.1. The first-order valence-corrected chi connectivity index (χ1v) is 14.8. The average Bonchev–Trinajstić information content (AvgIpc) is 3.47. The van der Waals surface area contributed by atoms with E-state index in [9.17, 15) is 19.5 Å². The van der Waals surface area contributed by atoms with Gasteiger partial charge in [0.15, 0.2) is 0 Å². The smallest absolute Gasteiger partial charge is 0.244 e. The van der Waals surface area contributed by atoms with Crippen molar-refractivity contribution in [3.8, 4) is 0 Å². The largest absolute Gasteiger partial charge is 0.394 e. The molecule has 202 valence electrons. The predicted molar refractivity (Wildman–Crippen MR) is 152 cm³/mol.